The Morgan fingerprint density at radius 2 is 1.72 bits per heavy atom. The van der Waals surface area contributed by atoms with E-state index in [-0.39, 0.29) is 23.5 Å². The zero-order valence-electron chi connectivity index (χ0n) is 23.1. The number of carboxylic acids is 1. The van der Waals surface area contributed by atoms with Gasteiger partial charge in [0.15, 0.2) is 0 Å². The number of hydrogen-bond acceptors (Lipinski definition) is 4. The standard InChI is InChI=1S/C30H46O5Si/c1-21(22-13-15-23(16-14-22)35-36(5,6)30(2,3)4)26(31)18-17-25-24(27-19-20-28(25)34-27)11-9-7-8-10-12-29(32)33/h7,9,13-16,21,24-25,27-28H,8,10-12,17-20H2,1-6H3,(H,32,33)/b9-7-/t21?,24-,25+,27-,28+/m0/s1. The number of carboxylic acid groups (broad SMARTS) is 1. The number of unbranched alkanes of at least 4 members (excludes halogenated alkanes) is 1. The fraction of sp³-hybridized carbons (Fsp3) is 0.667. The summed E-state index contributed by atoms with van der Waals surface area (Å²) in [4.78, 5) is 23.8. The molecule has 0 aliphatic carbocycles. The van der Waals surface area contributed by atoms with E-state index in [0.717, 1.165) is 43.4 Å². The third-order valence-corrected chi connectivity index (χ3v) is 13.1. The molecule has 2 bridgehead atoms. The predicted molar refractivity (Wildman–Crippen MR) is 147 cm³/mol. The van der Waals surface area contributed by atoms with Crippen molar-refractivity contribution in [1.29, 1.82) is 0 Å². The van der Waals surface area contributed by atoms with Crippen molar-refractivity contribution in [2.45, 2.75) is 115 Å². The first kappa shape index (κ1) is 28.6. The molecule has 0 aromatic heterocycles. The van der Waals surface area contributed by atoms with Crippen LogP contribution in [0.25, 0.3) is 0 Å². The van der Waals surface area contributed by atoms with Gasteiger partial charge in [-0.15, -0.1) is 0 Å². The molecule has 5 atom stereocenters. The molecule has 2 aliphatic heterocycles. The van der Waals surface area contributed by atoms with E-state index in [1.54, 1.807) is 0 Å². The molecular weight excluding hydrogens is 468 g/mol. The Labute approximate surface area is 218 Å². The first-order valence-electron chi connectivity index (χ1n) is 13.7. The van der Waals surface area contributed by atoms with E-state index in [2.05, 4.69) is 46.0 Å². The Morgan fingerprint density at radius 3 is 2.33 bits per heavy atom. The van der Waals surface area contributed by atoms with Gasteiger partial charge in [0.2, 0.25) is 8.32 Å². The summed E-state index contributed by atoms with van der Waals surface area (Å²) in [6.45, 7) is 13.2. The fourth-order valence-corrected chi connectivity index (χ4v) is 6.35. The summed E-state index contributed by atoms with van der Waals surface area (Å²) in [6, 6.07) is 8.12. The van der Waals surface area contributed by atoms with Gasteiger partial charge in [0.05, 0.1) is 12.2 Å². The lowest BCUT2D eigenvalue weighted by Gasteiger charge is -2.36. The molecule has 0 amide bonds. The predicted octanol–water partition coefficient (Wildman–Crippen LogP) is 7.52. The highest BCUT2D eigenvalue weighted by molar-refractivity contribution is 6.74. The van der Waals surface area contributed by atoms with Gasteiger partial charge in [-0.05, 0) is 86.2 Å². The molecule has 2 saturated heterocycles. The van der Waals surface area contributed by atoms with Crippen LogP contribution in [0.3, 0.4) is 0 Å². The second-order valence-corrected chi connectivity index (χ2v) is 17.0. The molecule has 6 heteroatoms. The van der Waals surface area contributed by atoms with Crippen LogP contribution in [0.15, 0.2) is 36.4 Å². The van der Waals surface area contributed by atoms with Crippen molar-refractivity contribution in [2.24, 2.45) is 11.8 Å². The number of ketones is 1. The van der Waals surface area contributed by atoms with Gasteiger partial charge < -0.3 is 14.3 Å². The van der Waals surface area contributed by atoms with Crippen molar-refractivity contribution in [3.63, 3.8) is 0 Å². The Kier molecular flexibility index (Phi) is 9.61. The average molecular weight is 515 g/mol. The number of benzene rings is 1. The molecule has 2 fully saturated rings. The topological polar surface area (TPSA) is 72.8 Å². The monoisotopic (exact) mass is 514 g/mol. The van der Waals surface area contributed by atoms with Gasteiger partial charge in [0, 0.05) is 18.8 Å². The van der Waals surface area contributed by atoms with Crippen molar-refractivity contribution >= 4 is 20.1 Å². The van der Waals surface area contributed by atoms with Gasteiger partial charge in [0.1, 0.15) is 11.5 Å². The van der Waals surface area contributed by atoms with E-state index < -0.39 is 14.3 Å². The summed E-state index contributed by atoms with van der Waals surface area (Å²) >= 11 is 0. The zero-order chi connectivity index (χ0) is 26.5. The quantitative estimate of drug-likeness (QED) is 0.167. The van der Waals surface area contributed by atoms with Crippen molar-refractivity contribution in [1.82, 2.24) is 0 Å². The van der Waals surface area contributed by atoms with Crippen LogP contribution in [0.4, 0.5) is 0 Å². The summed E-state index contributed by atoms with van der Waals surface area (Å²) in [6.07, 6.45) is 11.2. The molecule has 3 rings (SSSR count). The number of Topliss-reactive ketones (excluding diaryl/α,β-unsaturated/α-hetero) is 1. The summed E-state index contributed by atoms with van der Waals surface area (Å²) < 4.78 is 12.6. The molecule has 2 aliphatic rings. The van der Waals surface area contributed by atoms with Crippen LogP contribution in [0.2, 0.25) is 18.1 Å². The van der Waals surface area contributed by atoms with Crippen LogP contribution in [-0.4, -0.2) is 37.4 Å². The van der Waals surface area contributed by atoms with Crippen LogP contribution in [0.1, 0.15) is 90.5 Å². The molecule has 5 nitrogen and oxygen atoms in total. The zero-order valence-corrected chi connectivity index (χ0v) is 24.1. The van der Waals surface area contributed by atoms with Crippen molar-refractivity contribution in [2.75, 3.05) is 0 Å². The summed E-state index contributed by atoms with van der Waals surface area (Å²) in [5, 5.41) is 8.92. The first-order chi connectivity index (χ1) is 16.9. The van der Waals surface area contributed by atoms with Crippen LogP contribution < -0.4 is 4.43 Å². The van der Waals surface area contributed by atoms with Gasteiger partial charge >= 0.3 is 5.97 Å². The van der Waals surface area contributed by atoms with Crippen molar-refractivity contribution in [3.05, 3.63) is 42.0 Å². The van der Waals surface area contributed by atoms with E-state index in [1.807, 2.05) is 31.2 Å². The number of fused-ring (bicyclic) bond motifs is 2. The molecule has 2 heterocycles. The Balaban J connectivity index is 1.51. The summed E-state index contributed by atoms with van der Waals surface area (Å²) in [5.41, 5.74) is 1.05. The minimum absolute atomic E-state index is 0.126. The number of ether oxygens (including phenoxy) is 1. The normalized spacial score (nSPS) is 24.8. The molecular formula is C30H46O5Si. The number of hydrogen-bond donors (Lipinski definition) is 1. The van der Waals surface area contributed by atoms with Gasteiger partial charge in [-0.3, -0.25) is 9.59 Å². The third-order valence-electron chi connectivity index (χ3n) is 8.69. The van der Waals surface area contributed by atoms with Gasteiger partial charge in [-0.1, -0.05) is 52.0 Å². The van der Waals surface area contributed by atoms with Crippen molar-refractivity contribution < 1.29 is 23.9 Å². The van der Waals surface area contributed by atoms with Crippen molar-refractivity contribution in [3.8, 4) is 5.75 Å². The lowest BCUT2D eigenvalue weighted by atomic mass is 9.74. The smallest absolute Gasteiger partial charge is 0.303 e. The SMILES string of the molecule is CC(C(=O)CC[C@@H]1[C@H](C/C=C\CCCC(=O)O)[C@@H]2CC[C@H]1O2)c1ccc(O[Si](C)(C)C(C)(C)C)cc1. The van der Waals surface area contributed by atoms with E-state index in [9.17, 15) is 9.59 Å². The Hall–Kier alpha value is -1.92. The molecule has 1 unspecified atom stereocenters. The van der Waals surface area contributed by atoms with Crippen LogP contribution in [0, 0.1) is 11.8 Å². The second kappa shape index (κ2) is 12.1. The van der Waals surface area contributed by atoms with Gasteiger partial charge in [-0.25, -0.2) is 0 Å². The molecule has 0 radical (unpaired) electrons. The molecule has 1 N–H and O–H groups in total. The largest absolute Gasteiger partial charge is 0.544 e. The highest BCUT2D eigenvalue weighted by Crippen LogP contribution is 2.47. The molecule has 1 aromatic rings. The maximum Gasteiger partial charge on any atom is 0.303 e. The second-order valence-electron chi connectivity index (χ2n) is 12.3. The molecule has 36 heavy (non-hydrogen) atoms. The average Bonchev–Trinajstić information content (AvgIpc) is 3.40. The lowest BCUT2D eigenvalue weighted by molar-refractivity contribution is -0.137. The summed E-state index contributed by atoms with van der Waals surface area (Å²) in [7, 11) is -1.88. The van der Waals surface area contributed by atoms with E-state index in [4.69, 9.17) is 14.3 Å². The number of carbonyl (C=O) groups is 2. The molecule has 0 saturated carbocycles. The minimum atomic E-state index is -1.88. The number of carbonyl (C=O) groups excluding carboxylic acids is 1. The van der Waals surface area contributed by atoms with E-state index in [1.165, 1.54) is 0 Å². The Morgan fingerprint density at radius 1 is 1.08 bits per heavy atom. The summed E-state index contributed by atoms with van der Waals surface area (Å²) in [5.74, 6) is 1.22. The highest BCUT2D eigenvalue weighted by atomic mass is 28.4. The van der Waals surface area contributed by atoms with E-state index >= 15 is 0 Å². The van der Waals surface area contributed by atoms with Crippen LogP contribution in [0.5, 0.6) is 5.75 Å². The third kappa shape index (κ3) is 7.31. The van der Waals surface area contributed by atoms with Gasteiger partial charge in [-0.2, -0.15) is 0 Å². The Bertz CT molecular complexity index is 914. The highest BCUT2D eigenvalue weighted by Gasteiger charge is 2.47. The lowest BCUT2D eigenvalue weighted by Crippen LogP contribution is -2.43. The molecule has 1 aromatic carbocycles. The molecule has 200 valence electrons. The number of aliphatic carboxylic acids is 1. The van der Waals surface area contributed by atoms with E-state index in [0.29, 0.717) is 36.6 Å². The first-order valence-corrected chi connectivity index (χ1v) is 16.6. The number of rotatable bonds is 13. The maximum atomic E-state index is 13.1. The maximum absolute atomic E-state index is 13.1. The minimum Gasteiger partial charge on any atom is -0.544 e. The molecule has 0 spiro atoms. The van der Waals surface area contributed by atoms with Crippen LogP contribution >= 0.6 is 0 Å². The van der Waals surface area contributed by atoms with Crippen LogP contribution in [-0.2, 0) is 14.3 Å². The van der Waals surface area contributed by atoms with Gasteiger partial charge in [0.25, 0.3) is 0 Å². The fourth-order valence-electron chi connectivity index (χ4n) is 5.32. The number of allylic oxidation sites excluding steroid dienone is 2.